The van der Waals surface area contributed by atoms with E-state index in [1.165, 1.54) is 0 Å². The number of hydrogen-bond donors (Lipinski definition) is 1. The van der Waals surface area contributed by atoms with E-state index in [0.717, 1.165) is 30.7 Å². The maximum atomic E-state index is 12.7. The van der Waals surface area contributed by atoms with Crippen molar-refractivity contribution in [1.29, 1.82) is 5.26 Å². The molecular formula is C23H22N4O3. The molecule has 4 rings (SSSR count). The molecule has 0 saturated carbocycles. The van der Waals surface area contributed by atoms with Crippen molar-refractivity contribution in [2.75, 3.05) is 25.7 Å². The van der Waals surface area contributed by atoms with Crippen LogP contribution in [0.15, 0.2) is 53.3 Å². The Hall–Kier alpha value is -3.79. The van der Waals surface area contributed by atoms with Gasteiger partial charge in [0.15, 0.2) is 0 Å². The average Bonchev–Trinajstić information content (AvgIpc) is 3.28. The fourth-order valence-corrected chi connectivity index (χ4v) is 3.85. The number of benzene rings is 2. The van der Waals surface area contributed by atoms with Gasteiger partial charge < -0.3 is 14.4 Å². The molecule has 1 aliphatic heterocycles. The Morgan fingerprint density at radius 3 is 2.30 bits per heavy atom. The van der Waals surface area contributed by atoms with Gasteiger partial charge in [-0.05, 0) is 54.8 Å². The van der Waals surface area contributed by atoms with E-state index in [-0.39, 0.29) is 11.6 Å². The molecule has 0 bridgehead atoms. The van der Waals surface area contributed by atoms with E-state index in [4.69, 9.17) is 14.5 Å². The smallest absolute Gasteiger partial charge is 0.270 e. The van der Waals surface area contributed by atoms with Crippen molar-refractivity contribution in [3.8, 4) is 28.8 Å². The summed E-state index contributed by atoms with van der Waals surface area (Å²) in [4.78, 5) is 22.3. The molecule has 0 spiro atoms. The van der Waals surface area contributed by atoms with Gasteiger partial charge in [0.2, 0.25) is 5.95 Å². The normalized spacial score (nSPS) is 15.6. The van der Waals surface area contributed by atoms with Crippen molar-refractivity contribution in [3.05, 3.63) is 70.0 Å². The first kappa shape index (κ1) is 19.5. The molecule has 1 N–H and O–H groups in total. The third-order valence-corrected chi connectivity index (χ3v) is 5.41. The summed E-state index contributed by atoms with van der Waals surface area (Å²) in [7, 11) is 3.23. The highest BCUT2D eigenvalue weighted by Gasteiger charge is 2.29. The largest absolute Gasteiger partial charge is 0.497 e. The lowest BCUT2D eigenvalue weighted by Gasteiger charge is -2.26. The van der Waals surface area contributed by atoms with Crippen molar-refractivity contribution in [2.45, 2.75) is 18.9 Å². The number of anilines is 1. The molecule has 0 aliphatic carbocycles. The molecule has 7 nitrogen and oxygen atoms in total. The first-order chi connectivity index (χ1) is 14.6. The van der Waals surface area contributed by atoms with E-state index in [9.17, 15) is 10.1 Å². The highest BCUT2D eigenvalue weighted by molar-refractivity contribution is 5.68. The van der Waals surface area contributed by atoms with Crippen LogP contribution in [0.5, 0.6) is 11.5 Å². The summed E-state index contributed by atoms with van der Waals surface area (Å²) in [5, 5.41) is 9.54. The Morgan fingerprint density at radius 1 is 1.07 bits per heavy atom. The van der Waals surface area contributed by atoms with Crippen LogP contribution in [0.25, 0.3) is 11.3 Å². The van der Waals surface area contributed by atoms with E-state index in [1.807, 2.05) is 30.3 Å². The van der Waals surface area contributed by atoms with Crippen LogP contribution in [0.1, 0.15) is 30.0 Å². The number of H-pyrrole nitrogens is 1. The van der Waals surface area contributed by atoms with E-state index >= 15 is 0 Å². The number of methoxy groups -OCH3 is 2. The van der Waals surface area contributed by atoms with Crippen LogP contribution in [-0.2, 0) is 0 Å². The fourth-order valence-electron chi connectivity index (χ4n) is 3.85. The number of aromatic nitrogens is 2. The molecule has 30 heavy (non-hydrogen) atoms. The first-order valence-corrected chi connectivity index (χ1v) is 9.74. The molecule has 7 heteroatoms. The molecule has 152 valence electrons. The summed E-state index contributed by atoms with van der Waals surface area (Å²) in [6.45, 7) is 0.771. The molecule has 2 aromatic carbocycles. The lowest BCUT2D eigenvalue weighted by molar-refractivity contribution is 0.414. The molecular weight excluding hydrogens is 380 g/mol. The van der Waals surface area contributed by atoms with Crippen LogP contribution in [0.3, 0.4) is 0 Å². The summed E-state index contributed by atoms with van der Waals surface area (Å²) in [6.07, 6.45) is 1.94. The van der Waals surface area contributed by atoms with Gasteiger partial charge in [-0.25, -0.2) is 4.98 Å². The number of hydrogen-bond acceptors (Lipinski definition) is 6. The number of aromatic amines is 1. The number of nitriles is 1. The second-order valence-corrected chi connectivity index (χ2v) is 7.08. The topological polar surface area (TPSA) is 91.2 Å². The predicted molar refractivity (Wildman–Crippen MR) is 114 cm³/mol. The van der Waals surface area contributed by atoms with Crippen LogP contribution in [0.2, 0.25) is 0 Å². The molecule has 1 saturated heterocycles. The molecule has 0 radical (unpaired) electrons. The van der Waals surface area contributed by atoms with Crippen LogP contribution in [0.4, 0.5) is 5.95 Å². The van der Waals surface area contributed by atoms with Gasteiger partial charge in [0.1, 0.15) is 23.1 Å². The third kappa shape index (κ3) is 3.60. The minimum atomic E-state index is -0.436. The van der Waals surface area contributed by atoms with E-state index in [2.05, 4.69) is 9.88 Å². The Labute approximate surface area is 174 Å². The third-order valence-electron chi connectivity index (χ3n) is 5.41. The predicted octanol–water partition coefficient (Wildman–Crippen LogP) is 3.67. The summed E-state index contributed by atoms with van der Waals surface area (Å²) in [6, 6.07) is 17.2. The van der Waals surface area contributed by atoms with Crippen LogP contribution in [0, 0.1) is 11.3 Å². The van der Waals surface area contributed by atoms with E-state index < -0.39 is 5.56 Å². The Bertz CT molecular complexity index is 1130. The van der Waals surface area contributed by atoms with Crippen molar-refractivity contribution < 1.29 is 9.47 Å². The van der Waals surface area contributed by atoms with Crippen LogP contribution in [-0.4, -0.2) is 30.7 Å². The maximum Gasteiger partial charge on any atom is 0.270 e. The molecule has 1 aliphatic rings. The lowest BCUT2D eigenvalue weighted by Crippen LogP contribution is -2.28. The van der Waals surface area contributed by atoms with Crippen molar-refractivity contribution in [1.82, 2.24) is 9.97 Å². The van der Waals surface area contributed by atoms with Gasteiger partial charge in [-0.3, -0.25) is 9.78 Å². The highest BCUT2D eigenvalue weighted by Crippen LogP contribution is 2.35. The van der Waals surface area contributed by atoms with Gasteiger partial charge >= 0.3 is 0 Å². The summed E-state index contributed by atoms with van der Waals surface area (Å²) in [5.74, 6) is 1.97. The second-order valence-electron chi connectivity index (χ2n) is 7.08. The molecule has 1 aromatic heterocycles. The molecule has 1 atom stereocenters. The number of ether oxygens (including phenoxy) is 2. The summed E-state index contributed by atoms with van der Waals surface area (Å²) >= 11 is 0. The molecule has 2 heterocycles. The van der Waals surface area contributed by atoms with Gasteiger partial charge in [0.25, 0.3) is 5.56 Å². The zero-order valence-corrected chi connectivity index (χ0v) is 16.9. The Morgan fingerprint density at radius 2 is 1.70 bits per heavy atom. The number of rotatable bonds is 5. The van der Waals surface area contributed by atoms with Crippen LogP contribution < -0.4 is 19.9 Å². The average molecular weight is 402 g/mol. The fraction of sp³-hybridized carbons (Fsp3) is 0.261. The molecule has 0 unspecified atom stereocenters. The lowest BCUT2D eigenvalue weighted by atomic mass is 10.0. The van der Waals surface area contributed by atoms with Gasteiger partial charge in [0.05, 0.1) is 26.0 Å². The number of nitrogens with zero attached hydrogens (tertiary/aromatic N) is 3. The molecule has 0 amide bonds. The van der Waals surface area contributed by atoms with E-state index in [1.54, 1.807) is 38.5 Å². The zero-order chi connectivity index (χ0) is 21.1. The monoisotopic (exact) mass is 402 g/mol. The summed E-state index contributed by atoms with van der Waals surface area (Å²) in [5.41, 5.74) is 1.77. The standard InChI is InChI=1S/C23H22N4O3/c1-29-17-9-5-15(6-10-17)20-4-3-13-27(20)23-25-21(19(14-24)22(28)26-23)16-7-11-18(30-2)12-8-16/h5-12,20H,3-4,13H2,1-2H3,(H,25,26,28)/t20-/m0/s1. The number of nitrogens with one attached hydrogen (secondary N) is 1. The molecule has 3 aromatic rings. The van der Waals surface area contributed by atoms with Gasteiger partial charge in [-0.2, -0.15) is 5.26 Å². The van der Waals surface area contributed by atoms with E-state index in [0.29, 0.717) is 23.0 Å². The Kier molecular flexibility index (Phi) is 5.40. The SMILES string of the molecule is COc1ccc(-c2nc(N3CCC[C@H]3c3ccc(OC)cc3)[nH]c(=O)c2C#N)cc1. The van der Waals surface area contributed by atoms with Crippen molar-refractivity contribution in [2.24, 2.45) is 0 Å². The van der Waals surface area contributed by atoms with Gasteiger partial charge in [-0.15, -0.1) is 0 Å². The van der Waals surface area contributed by atoms with Crippen molar-refractivity contribution >= 4 is 5.95 Å². The minimum Gasteiger partial charge on any atom is -0.497 e. The maximum absolute atomic E-state index is 12.7. The van der Waals surface area contributed by atoms with Gasteiger partial charge in [-0.1, -0.05) is 12.1 Å². The molecule has 1 fully saturated rings. The second kappa shape index (κ2) is 8.29. The minimum absolute atomic E-state index is 0.00381. The van der Waals surface area contributed by atoms with Gasteiger partial charge in [0, 0.05) is 12.1 Å². The highest BCUT2D eigenvalue weighted by atomic mass is 16.5. The Balaban J connectivity index is 1.75. The van der Waals surface area contributed by atoms with Crippen LogP contribution >= 0.6 is 0 Å². The summed E-state index contributed by atoms with van der Waals surface area (Å²) < 4.78 is 10.5. The quantitative estimate of drug-likeness (QED) is 0.700. The zero-order valence-electron chi connectivity index (χ0n) is 16.9. The van der Waals surface area contributed by atoms with Crippen molar-refractivity contribution in [3.63, 3.8) is 0 Å². The first-order valence-electron chi connectivity index (χ1n) is 9.74.